The smallest absolute Gasteiger partial charge is 0.227 e. The first-order valence-corrected chi connectivity index (χ1v) is 6.12. The Morgan fingerprint density at radius 3 is 2.68 bits per heavy atom. The van der Waals surface area contributed by atoms with Gasteiger partial charge in [-0.05, 0) is 30.7 Å². The maximum atomic E-state index is 13.5. The van der Waals surface area contributed by atoms with Crippen molar-refractivity contribution in [3.63, 3.8) is 0 Å². The molecule has 0 saturated heterocycles. The molecule has 1 amide bonds. The van der Waals surface area contributed by atoms with Gasteiger partial charge < -0.3 is 9.32 Å². The summed E-state index contributed by atoms with van der Waals surface area (Å²) in [7, 11) is 1.69. The summed E-state index contributed by atoms with van der Waals surface area (Å²) < 4.78 is 18.8. The standard InChI is InChI=1S/C15H16FNO2/c1-11(14-8-5-9-19-14)17(2)15(18)10-12-6-3-4-7-13(12)16/h3-9,11H,10H2,1-2H3. The summed E-state index contributed by atoms with van der Waals surface area (Å²) in [5, 5.41) is 0. The lowest BCUT2D eigenvalue weighted by Gasteiger charge is -2.23. The first kappa shape index (κ1) is 13.3. The molecule has 1 aromatic carbocycles. The van der Waals surface area contributed by atoms with Gasteiger partial charge in [0, 0.05) is 7.05 Å². The summed E-state index contributed by atoms with van der Waals surface area (Å²) in [6, 6.07) is 9.74. The van der Waals surface area contributed by atoms with Gasteiger partial charge in [-0.1, -0.05) is 18.2 Å². The third kappa shape index (κ3) is 3.02. The van der Waals surface area contributed by atoms with E-state index in [0.29, 0.717) is 11.3 Å². The molecule has 0 saturated carbocycles. The minimum atomic E-state index is -0.352. The van der Waals surface area contributed by atoms with Gasteiger partial charge in [0.15, 0.2) is 0 Å². The van der Waals surface area contributed by atoms with E-state index in [-0.39, 0.29) is 24.2 Å². The second-order valence-corrected chi connectivity index (χ2v) is 4.46. The number of halogens is 1. The minimum absolute atomic E-state index is 0.0498. The third-order valence-corrected chi connectivity index (χ3v) is 3.23. The van der Waals surface area contributed by atoms with Gasteiger partial charge >= 0.3 is 0 Å². The van der Waals surface area contributed by atoms with E-state index < -0.39 is 0 Å². The second-order valence-electron chi connectivity index (χ2n) is 4.46. The van der Waals surface area contributed by atoms with Crippen LogP contribution in [0.5, 0.6) is 0 Å². The van der Waals surface area contributed by atoms with E-state index in [0.717, 1.165) is 0 Å². The van der Waals surface area contributed by atoms with Crippen LogP contribution in [0.25, 0.3) is 0 Å². The monoisotopic (exact) mass is 261 g/mol. The number of nitrogens with zero attached hydrogens (tertiary/aromatic N) is 1. The first-order valence-electron chi connectivity index (χ1n) is 6.12. The van der Waals surface area contributed by atoms with Crippen LogP contribution in [0.2, 0.25) is 0 Å². The fourth-order valence-corrected chi connectivity index (χ4v) is 1.87. The van der Waals surface area contributed by atoms with E-state index in [1.54, 1.807) is 42.5 Å². The Hall–Kier alpha value is -2.10. The lowest BCUT2D eigenvalue weighted by molar-refractivity contribution is -0.131. The average Bonchev–Trinajstić information content (AvgIpc) is 2.93. The van der Waals surface area contributed by atoms with Gasteiger partial charge in [-0.2, -0.15) is 0 Å². The molecule has 0 bridgehead atoms. The topological polar surface area (TPSA) is 33.5 Å². The molecule has 0 spiro atoms. The van der Waals surface area contributed by atoms with Gasteiger partial charge in [0.25, 0.3) is 0 Å². The average molecular weight is 261 g/mol. The van der Waals surface area contributed by atoms with Crippen LogP contribution in [-0.4, -0.2) is 17.9 Å². The number of hydrogen-bond donors (Lipinski definition) is 0. The molecular formula is C15H16FNO2. The van der Waals surface area contributed by atoms with Crippen LogP contribution in [0.15, 0.2) is 47.1 Å². The van der Waals surface area contributed by atoms with Crippen molar-refractivity contribution in [2.24, 2.45) is 0 Å². The van der Waals surface area contributed by atoms with Gasteiger partial charge in [0.2, 0.25) is 5.91 Å². The Kier molecular flexibility index (Phi) is 4.00. The highest BCUT2D eigenvalue weighted by Crippen LogP contribution is 2.20. The maximum Gasteiger partial charge on any atom is 0.227 e. The van der Waals surface area contributed by atoms with Gasteiger partial charge in [-0.25, -0.2) is 4.39 Å². The fourth-order valence-electron chi connectivity index (χ4n) is 1.87. The summed E-state index contributed by atoms with van der Waals surface area (Å²) in [5.41, 5.74) is 0.408. The predicted octanol–water partition coefficient (Wildman–Crippen LogP) is 3.18. The molecule has 1 aromatic heterocycles. The van der Waals surface area contributed by atoms with Crippen molar-refractivity contribution < 1.29 is 13.6 Å². The zero-order valence-corrected chi connectivity index (χ0v) is 11.0. The van der Waals surface area contributed by atoms with E-state index in [2.05, 4.69) is 0 Å². The summed E-state index contributed by atoms with van der Waals surface area (Å²) in [4.78, 5) is 13.7. The predicted molar refractivity (Wildman–Crippen MR) is 70.0 cm³/mol. The molecule has 1 heterocycles. The Labute approximate surface area is 111 Å². The van der Waals surface area contributed by atoms with E-state index >= 15 is 0 Å². The molecule has 2 rings (SSSR count). The molecule has 1 unspecified atom stereocenters. The SMILES string of the molecule is CC(c1ccco1)N(C)C(=O)Cc1ccccc1F. The maximum absolute atomic E-state index is 13.5. The molecule has 0 N–H and O–H groups in total. The van der Waals surface area contributed by atoms with Gasteiger partial charge in [0.1, 0.15) is 11.6 Å². The highest BCUT2D eigenvalue weighted by Gasteiger charge is 2.20. The Bertz CT molecular complexity index is 551. The number of hydrogen-bond acceptors (Lipinski definition) is 2. The molecule has 19 heavy (non-hydrogen) atoms. The molecule has 100 valence electrons. The zero-order valence-electron chi connectivity index (χ0n) is 11.0. The molecule has 0 aliphatic rings. The first-order chi connectivity index (χ1) is 9.09. The largest absolute Gasteiger partial charge is 0.467 e. The van der Waals surface area contributed by atoms with Crippen LogP contribution >= 0.6 is 0 Å². The van der Waals surface area contributed by atoms with Crippen molar-refractivity contribution in [2.45, 2.75) is 19.4 Å². The van der Waals surface area contributed by atoms with E-state index in [1.807, 2.05) is 13.0 Å². The van der Waals surface area contributed by atoms with Crippen molar-refractivity contribution >= 4 is 5.91 Å². The summed E-state index contributed by atoms with van der Waals surface area (Å²) in [6.45, 7) is 1.87. The van der Waals surface area contributed by atoms with Crippen molar-refractivity contribution in [1.29, 1.82) is 0 Å². The van der Waals surface area contributed by atoms with Crippen molar-refractivity contribution in [3.05, 3.63) is 59.8 Å². The van der Waals surface area contributed by atoms with Crippen molar-refractivity contribution in [2.75, 3.05) is 7.05 Å². The minimum Gasteiger partial charge on any atom is -0.467 e. The van der Waals surface area contributed by atoms with E-state index in [9.17, 15) is 9.18 Å². The number of furan rings is 1. The lowest BCUT2D eigenvalue weighted by atomic mass is 10.1. The summed E-state index contributed by atoms with van der Waals surface area (Å²) >= 11 is 0. The number of rotatable bonds is 4. The number of carbonyl (C=O) groups is 1. The number of amides is 1. The molecule has 0 aliphatic heterocycles. The van der Waals surface area contributed by atoms with E-state index in [1.165, 1.54) is 6.07 Å². The highest BCUT2D eigenvalue weighted by atomic mass is 19.1. The van der Waals surface area contributed by atoms with Crippen LogP contribution in [0, 0.1) is 5.82 Å². The molecule has 0 aliphatic carbocycles. The van der Waals surface area contributed by atoms with Gasteiger partial charge in [0.05, 0.1) is 18.7 Å². The summed E-state index contributed by atoms with van der Waals surface area (Å²) in [6.07, 6.45) is 1.62. The summed E-state index contributed by atoms with van der Waals surface area (Å²) in [5.74, 6) is 0.216. The highest BCUT2D eigenvalue weighted by molar-refractivity contribution is 5.78. The van der Waals surface area contributed by atoms with Crippen LogP contribution in [-0.2, 0) is 11.2 Å². The molecule has 0 radical (unpaired) electrons. The number of carbonyl (C=O) groups excluding carboxylic acids is 1. The molecule has 3 nitrogen and oxygen atoms in total. The Morgan fingerprint density at radius 2 is 2.05 bits per heavy atom. The van der Waals surface area contributed by atoms with Crippen LogP contribution in [0.4, 0.5) is 4.39 Å². The molecule has 4 heteroatoms. The van der Waals surface area contributed by atoms with Crippen molar-refractivity contribution in [1.82, 2.24) is 4.90 Å². The van der Waals surface area contributed by atoms with E-state index in [4.69, 9.17) is 4.42 Å². The lowest BCUT2D eigenvalue weighted by Crippen LogP contribution is -2.31. The third-order valence-electron chi connectivity index (χ3n) is 3.23. The molecule has 1 atom stereocenters. The normalized spacial score (nSPS) is 12.2. The molecule has 2 aromatic rings. The van der Waals surface area contributed by atoms with Crippen molar-refractivity contribution in [3.8, 4) is 0 Å². The Morgan fingerprint density at radius 1 is 1.32 bits per heavy atom. The molecule has 0 fully saturated rings. The second kappa shape index (κ2) is 5.69. The van der Waals surface area contributed by atoms with Gasteiger partial charge in [-0.3, -0.25) is 4.79 Å². The molecular weight excluding hydrogens is 245 g/mol. The van der Waals surface area contributed by atoms with Crippen LogP contribution in [0.3, 0.4) is 0 Å². The van der Waals surface area contributed by atoms with Gasteiger partial charge in [-0.15, -0.1) is 0 Å². The quantitative estimate of drug-likeness (QED) is 0.847. The zero-order chi connectivity index (χ0) is 13.8. The van der Waals surface area contributed by atoms with Crippen LogP contribution < -0.4 is 0 Å². The fraction of sp³-hybridized carbons (Fsp3) is 0.267. The number of likely N-dealkylation sites (N-methyl/N-ethyl adjacent to an activating group) is 1. The van der Waals surface area contributed by atoms with Crippen LogP contribution in [0.1, 0.15) is 24.3 Å². The number of benzene rings is 1. The Balaban J connectivity index is 2.06.